The van der Waals surface area contributed by atoms with Gasteiger partial charge in [0.2, 0.25) is 5.88 Å². The third-order valence-electron chi connectivity index (χ3n) is 7.45. The lowest BCUT2D eigenvalue weighted by molar-refractivity contribution is -0.136. The SMILES string of the molecule is COc1cccc(C(C2CC2)N2CC[C@]3(C2)OCCn2nc(-c4ccnc(N)c4C(F)(F)F)cc23)n1. The minimum absolute atomic E-state index is 0.0710. The number of nitrogens with zero attached hydrogens (tertiary/aromatic N) is 5. The second kappa shape index (κ2) is 8.45. The second-order valence-corrected chi connectivity index (χ2v) is 9.70. The molecule has 1 aliphatic carbocycles. The molecule has 3 aliphatic rings. The molecule has 0 bridgehead atoms. The highest BCUT2D eigenvalue weighted by atomic mass is 19.4. The van der Waals surface area contributed by atoms with Crippen molar-refractivity contribution in [1.29, 1.82) is 0 Å². The molecular weight excluding hydrogens is 473 g/mol. The van der Waals surface area contributed by atoms with E-state index in [1.807, 2.05) is 18.2 Å². The van der Waals surface area contributed by atoms with Crippen molar-refractivity contribution in [2.24, 2.45) is 5.92 Å². The number of pyridine rings is 2. The van der Waals surface area contributed by atoms with Crippen LogP contribution in [0.2, 0.25) is 0 Å². The lowest BCUT2D eigenvalue weighted by atomic mass is 9.95. The summed E-state index contributed by atoms with van der Waals surface area (Å²) < 4.78 is 54.9. The average Bonchev–Trinajstić information content (AvgIpc) is 3.43. The van der Waals surface area contributed by atoms with Crippen molar-refractivity contribution < 1.29 is 22.6 Å². The molecular formula is C25H27F3N6O2. The van der Waals surface area contributed by atoms with Crippen LogP contribution in [0.25, 0.3) is 11.3 Å². The summed E-state index contributed by atoms with van der Waals surface area (Å²) in [7, 11) is 1.61. The van der Waals surface area contributed by atoms with Gasteiger partial charge in [-0.05, 0) is 43.4 Å². The predicted octanol–water partition coefficient (Wildman–Crippen LogP) is 4.03. The van der Waals surface area contributed by atoms with Crippen LogP contribution in [0.5, 0.6) is 5.88 Å². The van der Waals surface area contributed by atoms with Crippen LogP contribution < -0.4 is 10.5 Å². The Balaban J connectivity index is 1.35. The second-order valence-electron chi connectivity index (χ2n) is 9.70. The van der Waals surface area contributed by atoms with Gasteiger partial charge in [-0.25, -0.2) is 9.97 Å². The molecule has 1 saturated heterocycles. The van der Waals surface area contributed by atoms with Gasteiger partial charge in [0, 0.05) is 30.9 Å². The zero-order valence-corrected chi connectivity index (χ0v) is 19.8. The molecule has 1 unspecified atom stereocenters. The molecule has 3 aromatic heterocycles. The first kappa shape index (κ1) is 23.2. The number of methoxy groups -OCH3 is 1. The van der Waals surface area contributed by atoms with Crippen molar-refractivity contribution in [3.05, 3.63) is 53.5 Å². The Morgan fingerprint density at radius 2 is 2.06 bits per heavy atom. The molecule has 11 heteroatoms. The number of fused-ring (bicyclic) bond motifs is 2. The summed E-state index contributed by atoms with van der Waals surface area (Å²) in [6.45, 7) is 2.32. The normalized spacial score (nSPS) is 23.1. The Hall–Kier alpha value is -3.18. The molecule has 0 amide bonds. The number of ether oxygens (including phenoxy) is 2. The summed E-state index contributed by atoms with van der Waals surface area (Å²) in [6, 6.07) is 9.01. The largest absolute Gasteiger partial charge is 0.481 e. The molecule has 5 heterocycles. The highest BCUT2D eigenvalue weighted by Crippen LogP contribution is 2.49. The molecule has 190 valence electrons. The number of anilines is 1. The summed E-state index contributed by atoms with van der Waals surface area (Å²) >= 11 is 0. The van der Waals surface area contributed by atoms with Crippen LogP contribution >= 0.6 is 0 Å². The number of rotatable bonds is 5. The van der Waals surface area contributed by atoms with Gasteiger partial charge in [0.15, 0.2) is 0 Å². The van der Waals surface area contributed by atoms with Crippen molar-refractivity contribution in [3.8, 4) is 17.1 Å². The number of halogens is 3. The van der Waals surface area contributed by atoms with Crippen molar-refractivity contribution in [3.63, 3.8) is 0 Å². The van der Waals surface area contributed by atoms with E-state index < -0.39 is 23.2 Å². The van der Waals surface area contributed by atoms with E-state index >= 15 is 0 Å². The number of hydrogen-bond acceptors (Lipinski definition) is 7. The van der Waals surface area contributed by atoms with Crippen LogP contribution in [0.1, 0.15) is 42.3 Å². The fraction of sp³-hybridized carbons (Fsp3) is 0.480. The van der Waals surface area contributed by atoms with E-state index in [2.05, 4.69) is 15.0 Å². The van der Waals surface area contributed by atoms with Gasteiger partial charge in [-0.1, -0.05) is 6.07 Å². The molecule has 36 heavy (non-hydrogen) atoms. The number of nitrogens with two attached hydrogens (primary N) is 1. The summed E-state index contributed by atoms with van der Waals surface area (Å²) in [4.78, 5) is 10.8. The molecule has 2 N–H and O–H groups in total. The number of likely N-dealkylation sites (tertiary alicyclic amines) is 1. The fourth-order valence-corrected chi connectivity index (χ4v) is 5.70. The third-order valence-corrected chi connectivity index (χ3v) is 7.45. The van der Waals surface area contributed by atoms with Gasteiger partial charge in [0.1, 0.15) is 17.0 Å². The van der Waals surface area contributed by atoms with E-state index in [9.17, 15) is 13.2 Å². The van der Waals surface area contributed by atoms with Crippen LogP contribution in [-0.4, -0.2) is 51.5 Å². The molecule has 3 aromatic rings. The summed E-state index contributed by atoms with van der Waals surface area (Å²) in [6.07, 6.45) is -0.365. The first-order valence-corrected chi connectivity index (χ1v) is 12.1. The Morgan fingerprint density at radius 3 is 2.81 bits per heavy atom. The predicted molar refractivity (Wildman–Crippen MR) is 125 cm³/mol. The zero-order chi connectivity index (χ0) is 25.1. The number of aromatic nitrogens is 4. The Morgan fingerprint density at radius 1 is 1.22 bits per heavy atom. The highest BCUT2D eigenvalue weighted by molar-refractivity contribution is 5.69. The molecule has 2 fully saturated rings. The third kappa shape index (κ3) is 3.90. The molecule has 0 aromatic carbocycles. The summed E-state index contributed by atoms with van der Waals surface area (Å²) in [5.41, 5.74) is 5.95. The molecule has 0 radical (unpaired) electrons. The van der Waals surface area contributed by atoms with Gasteiger partial charge in [-0.3, -0.25) is 9.58 Å². The van der Waals surface area contributed by atoms with E-state index in [1.165, 1.54) is 12.3 Å². The maximum absolute atomic E-state index is 13.8. The maximum atomic E-state index is 13.8. The Kier molecular flexibility index (Phi) is 5.45. The number of hydrogen-bond donors (Lipinski definition) is 1. The van der Waals surface area contributed by atoms with Crippen LogP contribution in [0.3, 0.4) is 0 Å². The minimum Gasteiger partial charge on any atom is -0.481 e. The van der Waals surface area contributed by atoms with Crippen LogP contribution in [0, 0.1) is 5.92 Å². The van der Waals surface area contributed by atoms with Gasteiger partial charge in [0.05, 0.1) is 43.4 Å². The van der Waals surface area contributed by atoms with E-state index in [1.54, 1.807) is 17.9 Å². The van der Waals surface area contributed by atoms with Gasteiger partial charge in [0.25, 0.3) is 0 Å². The molecule has 2 atom stereocenters. The lowest BCUT2D eigenvalue weighted by Gasteiger charge is -2.35. The van der Waals surface area contributed by atoms with Crippen molar-refractivity contribution >= 4 is 5.82 Å². The zero-order valence-electron chi connectivity index (χ0n) is 19.8. The molecule has 2 aliphatic heterocycles. The number of alkyl halides is 3. The van der Waals surface area contributed by atoms with Gasteiger partial charge >= 0.3 is 6.18 Å². The van der Waals surface area contributed by atoms with Crippen LogP contribution in [0.15, 0.2) is 36.5 Å². The fourth-order valence-electron chi connectivity index (χ4n) is 5.70. The van der Waals surface area contributed by atoms with Crippen LogP contribution in [-0.2, 0) is 23.1 Å². The Labute approximate surface area is 206 Å². The van der Waals surface area contributed by atoms with Crippen molar-refractivity contribution in [2.45, 2.75) is 43.6 Å². The van der Waals surface area contributed by atoms with Crippen molar-refractivity contribution in [2.75, 3.05) is 32.5 Å². The molecule has 6 rings (SSSR count). The van der Waals surface area contributed by atoms with Gasteiger partial charge in [-0.15, -0.1) is 0 Å². The van der Waals surface area contributed by atoms with E-state index in [0.29, 0.717) is 31.5 Å². The Bertz CT molecular complexity index is 1290. The lowest BCUT2D eigenvalue weighted by Crippen LogP contribution is -2.41. The first-order valence-electron chi connectivity index (χ1n) is 12.1. The maximum Gasteiger partial charge on any atom is 0.420 e. The first-order chi connectivity index (χ1) is 17.3. The van der Waals surface area contributed by atoms with E-state index in [4.69, 9.17) is 20.2 Å². The summed E-state index contributed by atoms with van der Waals surface area (Å²) in [5.74, 6) is 0.542. The minimum atomic E-state index is -4.64. The van der Waals surface area contributed by atoms with Gasteiger partial charge in [-0.2, -0.15) is 18.3 Å². The monoisotopic (exact) mass is 500 g/mol. The quantitative estimate of drug-likeness (QED) is 0.566. The van der Waals surface area contributed by atoms with E-state index in [0.717, 1.165) is 37.2 Å². The van der Waals surface area contributed by atoms with Crippen LogP contribution in [0.4, 0.5) is 19.0 Å². The van der Waals surface area contributed by atoms with E-state index in [-0.39, 0.29) is 17.3 Å². The standard InChI is InChI=1S/C25H27F3N6O2/c1-35-20-4-2-3-17(31-20)22(15-5-6-15)33-10-8-24(14-33)19-13-18(32-34(19)11-12-36-24)16-7-9-30-23(29)21(16)25(26,27)28/h2-4,7,9,13,15,22H,5-6,8,10-12,14H2,1H3,(H2,29,30)/t22?,24-/m1/s1. The summed E-state index contributed by atoms with van der Waals surface area (Å²) in [5, 5.41) is 4.56. The van der Waals surface area contributed by atoms with Crippen molar-refractivity contribution in [1.82, 2.24) is 24.6 Å². The number of nitrogen functional groups attached to an aromatic ring is 1. The molecule has 8 nitrogen and oxygen atoms in total. The molecule has 1 spiro atoms. The molecule has 1 saturated carbocycles. The van der Waals surface area contributed by atoms with Gasteiger partial charge < -0.3 is 15.2 Å². The smallest absolute Gasteiger partial charge is 0.420 e. The highest BCUT2D eigenvalue weighted by Gasteiger charge is 2.50. The average molecular weight is 501 g/mol. The topological polar surface area (TPSA) is 91.3 Å².